The zero-order valence-corrected chi connectivity index (χ0v) is 7.47. The summed E-state index contributed by atoms with van der Waals surface area (Å²) in [6.07, 6.45) is 0. The summed E-state index contributed by atoms with van der Waals surface area (Å²) in [4.78, 5) is 0. The number of hydrogen-bond donors (Lipinski definition) is 2. The van der Waals surface area contributed by atoms with Crippen molar-refractivity contribution in [2.75, 3.05) is 13.1 Å². The van der Waals surface area contributed by atoms with Crippen molar-refractivity contribution in [3.8, 4) is 0 Å². The monoisotopic (exact) mass is 181 g/mol. The van der Waals surface area contributed by atoms with Gasteiger partial charge in [-0.15, -0.1) is 0 Å². The molecule has 0 unspecified atom stereocenters. The van der Waals surface area contributed by atoms with Gasteiger partial charge in [-0.1, -0.05) is 6.07 Å². The van der Waals surface area contributed by atoms with Crippen molar-refractivity contribution in [3.63, 3.8) is 0 Å². The first kappa shape index (κ1) is 8.66. The number of rotatable bonds is 1. The fourth-order valence-electron chi connectivity index (χ4n) is 1.70. The first-order valence-electron chi connectivity index (χ1n) is 4.31. The van der Waals surface area contributed by atoms with Crippen LogP contribution < -0.4 is 5.32 Å². The van der Waals surface area contributed by atoms with E-state index in [1.807, 2.05) is 6.92 Å². The Hall–Kier alpha value is -0.930. The van der Waals surface area contributed by atoms with Crippen LogP contribution in [0.3, 0.4) is 0 Å². The van der Waals surface area contributed by atoms with Crippen LogP contribution in [0, 0.1) is 12.7 Å². The number of aryl methyl sites for hydroxylation is 1. The second-order valence-electron chi connectivity index (χ2n) is 3.59. The molecule has 13 heavy (non-hydrogen) atoms. The van der Waals surface area contributed by atoms with E-state index in [2.05, 4.69) is 5.32 Å². The number of β-amino-alcohol motifs (C(OH)–C–C–N with tert-alkyl or cyclic N) is 1. The van der Waals surface area contributed by atoms with Crippen molar-refractivity contribution in [2.45, 2.75) is 12.5 Å². The Morgan fingerprint density at radius 2 is 2.15 bits per heavy atom. The molecule has 1 heterocycles. The molecule has 0 amide bonds. The number of nitrogens with one attached hydrogen (secondary N) is 1. The van der Waals surface area contributed by atoms with E-state index in [1.54, 1.807) is 6.07 Å². The van der Waals surface area contributed by atoms with Gasteiger partial charge in [0, 0.05) is 13.1 Å². The predicted molar refractivity (Wildman–Crippen MR) is 47.9 cm³/mol. The SMILES string of the molecule is Cc1cc(F)ccc1C1(O)CNC1. The molecule has 2 rings (SSSR count). The molecule has 0 saturated carbocycles. The maximum absolute atomic E-state index is 12.8. The van der Waals surface area contributed by atoms with Crippen LogP contribution in [0.5, 0.6) is 0 Å². The highest BCUT2D eigenvalue weighted by Gasteiger charge is 2.37. The third-order valence-corrected chi connectivity index (χ3v) is 2.52. The minimum atomic E-state index is -0.780. The first-order valence-corrected chi connectivity index (χ1v) is 4.31. The van der Waals surface area contributed by atoms with Crippen molar-refractivity contribution in [1.82, 2.24) is 5.32 Å². The minimum Gasteiger partial charge on any atom is -0.382 e. The van der Waals surface area contributed by atoms with Gasteiger partial charge in [-0.2, -0.15) is 0 Å². The number of hydrogen-bond acceptors (Lipinski definition) is 2. The molecule has 0 radical (unpaired) electrons. The lowest BCUT2D eigenvalue weighted by Crippen LogP contribution is -2.57. The van der Waals surface area contributed by atoms with Gasteiger partial charge in [0.1, 0.15) is 11.4 Å². The molecule has 2 N–H and O–H groups in total. The molecular formula is C10H12FNO. The number of halogens is 1. The summed E-state index contributed by atoms with van der Waals surface area (Å²) in [7, 11) is 0. The largest absolute Gasteiger partial charge is 0.382 e. The molecule has 1 aromatic rings. The second-order valence-corrected chi connectivity index (χ2v) is 3.59. The van der Waals surface area contributed by atoms with Crippen molar-refractivity contribution in [3.05, 3.63) is 35.1 Å². The normalized spacial score (nSPS) is 19.6. The summed E-state index contributed by atoms with van der Waals surface area (Å²) in [5.74, 6) is -0.253. The Labute approximate surface area is 76.4 Å². The highest BCUT2D eigenvalue weighted by Crippen LogP contribution is 2.28. The maximum atomic E-state index is 12.8. The molecular weight excluding hydrogens is 169 g/mol. The standard InChI is InChI=1S/C10H12FNO/c1-7-4-8(11)2-3-9(7)10(13)5-12-6-10/h2-4,12-13H,5-6H2,1H3. The molecule has 1 saturated heterocycles. The van der Waals surface area contributed by atoms with Gasteiger partial charge in [-0.05, 0) is 30.2 Å². The number of aliphatic hydroxyl groups is 1. The Balaban J connectivity index is 2.40. The second kappa shape index (κ2) is 2.79. The van der Waals surface area contributed by atoms with E-state index in [0.29, 0.717) is 13.1 Å². The van der Waals surface area contributed by atoms with E-state index in [1.165, 1.54) is 12.1 Å². The summed E-state index contributed by atoms with van der Waals surface area (Å²) in [5, 5.41) is 13.0. The van der Waals surface area contributed by atoms with E-state index in [9.17, 15) is 9.50 Å². The van der Waals surface area contributed by atoms with Crippen molar-refractivity contribution < 1.29 is 9.50 Å². The summed E-state index contributed by atoms with van der Waals surface area (Å²) < 4.78 is 12.8. The Kier molecular flexibility index (Phi) is 1.86. The van der Waals surface area contributed by atoms with Gasteiger partial charge < -0.3 is 10.4 Å². The topological polar surface area (TPSA) is 32.3 Å². The highest BCUT2D eigenvalue weighted by atomic mass is 19.1. The zero-order chi connectivity index (χ0) is 9.47. The molecule has 1 fully saturated rings. The Bertz CT molecular complexity index is 334. The quantitative estimate of drug-likeness (QED) is 0.675. The lowest BCUT2D eigenvalue weighted by molar-refractivity contribution is -0.0152. The first-order chi connectivity index (χ1) is 6.12. The average Bonchev–Trinajstić information content (AvgIpc) is 2.00. The fourth-order valence-corrected chi connectivity index (χ4v) is 1.70. The van der Waals surface area contributed by atoms with Gasteiger partial charge in [0.15, 0.2) is 0 Å². The smallest absolute Gasteiger partial charge is 0.123 e. The van der Waals surface area contributed by atoms with E-state index >= 15 is 0 Å². The summed E-state index contributed by atoms with van der Waals surface area (Å²) in [6.45, 7) is 2.92. The van der Waals surface area contributed by atoms with E-state index in [-0.39, 0.29) is 5.82 Å². The predicted octanol–water partition coefficient (Wildman–Crippen LogP) is 0.925. The molecule has 1 aliphatic rings. The summed E-state index contributed by atoms with van der Waals surface area (Å²) in [6, 6.07) is 4.50. The highest BCUT2D eigenvalue weighted by molar-refractivity contribution is 5.34. The van der Waals surface area contributed by atoms with Gasteiger partial charge in [0.05, 0.1) is 0 Å². The summed E-state index contributed by atoms with van der Waals surface area (Å²) in [5.41, 5.74) is 0.856. The van der Waals surface area contributed by atoms with E-state index in [0.717, 1.165) is 11.1 Å². The van der Waals surface area contributed by atoms with Crippen LogP contribution in [0.25, 0.3) is 0 Å². The van der Waals surface area contributed by atoms with Gasteiger partial charge in [0.25, 0.3) is 0 Å². The van der Waals surface area contributed by atoms with Gasteiger partial charge in [-0.25, -0.2) is 4.39 Å². The molecule has 70 valence electrons. The third-order valence-electron chi connectivity index (χ3n) is 2.52. The number of benzene rings is 1. The fraction of sp³-hybridized carbons (Fsp3) is 0.400. The molecule has 0 aromatic heterocycles. The molecule has 1 aliphatic heterocycles. The minimum absolute atomic E-state index is 0.253. The maximum Gasteiger partial charge on any atom is 0.123 e. The molecule has 0 aliphatic carbocycles. The molecule has 0 atom stereocenters. The van der Waals surface area contributed by atoms with Crippen molar-refractivity contribution in [1.29, 1.82) is 0 Å². The van der Waals surface area contributed by atoms with Crippen LogP contribution >= 0.6 is 0 Å². The molecule has 2 nitrogen and oxygen atoms in total. The van der Waals surface area contributed by atoms with Crippen molar-refractivity contribution in [2.24, 2.45) is 0 Å². The van der Waals surface area contributed by atoms with Crippen LogP contribution in [0.15, 0.2) is 18.2 Å². The van der Waals surface area contributed by atoms with Crippen LogP contribution in [-0.2, 0) is 5.60 Å². The Morgan fingerprint density at radius 1 is 1.46 bits per heavy atom. The molecule has 3 heteroatoms. The van der Waals surface area contributed by atoms with Gasteiger partial charge >= 0.3 is 0 Å². The third kappa shape index (κ3) is 1.34. The van der Waals surface area contributed by atoms with E-state index in [4.69, 9.17) is 0 Å². The average molecular weight is 181 g/mol. The summed E-state index contributed by atoms with van der Waals surface area (Å²) >= 11 is 0. The molecule has 1 aromatic carbocycles. The van der Waals surface area contributed by atoms with Crippen LogP contribution in [-0.4, -0.2) is 18.2 Å². The molecule has 0 spiro atoms. The van der Waals surface area contributed by atoms with Gasteiger partial charge in [-0.3, -0.25) is 0 Å². The molecule has 0 bridgehead atoms. The zero-order valence-electron chi connectivity index (χ0n) is 7.47. The lowest BCUT2D eigenvalue weighted by atomic mass is 9.85. The van der Waals surface area contributed by atoms with Gasteiger partial charge in [0.2, 0.25) is 0 Å². The van der Waals surface area contributed by atoms with Crippen LogP contribution in [0.1, 0.15) is 11.1 Å². The van der Waals surface area contributed by atoms with E-state index < -0.39 is 5.60 Å². The van der Waals surface area contributed by atoms with Crippen molar-refractivity contribution >= 4 is 0 Å². The van der Waals surface area contributed by atoms with Crippen LogP contribution in [0.4, 0.5) is 4.39 Å². The Morgan fingerprint density at radius 3 is 2.62 bits per heavy atom. The van der Waals surface area contributed by atoms with Crippen LogP contribution in [0.2, 0.25) is 0 Å². The lowest BCUT2D eigenvalue weighted by Gasteiger charge is -2.39.